The molecule has 1 heterocycles. The molecular formula is C13H18ClN3O3S. The van der Waals surface area contributed by atoms with E-state index in [1.54, 1.807) is 24.3 Å². The molecule has 0 saturated heterocycles. The minimum atomic E-state index is -3.28. The lowest BCUT2D eigenvalue weighted by Crippen LogP contribution is -3.00. The lowest BCUT2D eigenvalue weighted by molar-refractivity contribution is -0.671. The van der Waals surface area contributed by atoms with Crippen LogP contribution in [0.2, 0.25) is 0 Å². The number of nitrogens with one attached hydrogen (secondary N) is 1. The van der Waals surface area contributed by atoms with Gasteiger partial charge >= 0.3 is 0 Å². The molecular weight excluding hydrogens is 314 g/mol. The molecule has 8 heteroatoms. The van der Waals surface area contributed by atoms with E-state index in [-0.39, 0.29) is 12.4 Å². The molecule has 0 saturated carbocycles. The molecule has 0 aliphatic heterocycles. The van der Waals surface area contributed by atoms with Crippen LogP contribution in [0.15, 0.2) is 43.0 Å². The summed E-state index contributed by atoms with van der Waals surface area (Å²) in [6.45, 7) is 0.444. The van der Waals surface area contributed by atoms with Crippen molar-refractivity contribution < 1.29 is 30.5 Å². The summed E-state index contributed by atoms with van der Waals surface area (Å²) in [7, 11) is -1.36. The van der Waals surface area contributed by atoms with Crippen LogP contribution in [-0.4, -0.2) is 24.3 Å². The summed E-state index contributed by atoms with van der Waals surface area (Å²) in [5.41, 5.74) is 1.22. The molecule has 0 spiro atoms. The molecule has 0 aliphatic rings. The molecule has 2 N–H and O–H groups in total. The molecule has 6 nitrogen and oxygen atoms in total. The van der Waals surface area contributed by atoms with Gasteiger partial charge in [-0.25, -0.2) is 17.6 Å². The Morgan fingerprint density at radius 1 is 1.33 bits per heavy atom. The van der Waals surface area contributed by atoms with Gasteiger partial charge in [0, 0.05) is 5.69 Å². The van der Waals surface area contributed by atoms with Gasteiger partial charge in [-0.2, -0.15) is 0 Å². The summed E-state index contributed by atoms with van der Waals surface area (Å²) in [4.78, 5) is 0. The fourth-order valence-corrected chi connectivity index (χ4v) is 2.47. The Morgan fingerprint density at radius 3 is 2.43 bits per heavy atom. The van der Waals surface area contributed by atoms with Crippen molar-refractivity contribution >= 4 is 15.7 Å². The minimum absolute atomic E-state index is 0. The maximum absolute atomic E-state index is 11.1. The highest BCUT2D eigenvalue weighted by molar-refractivity contribution is 7.92. The highest BCUT2D eigenvalue weighted by Gasteiger charge is 2.12. The third kappa shape index (κ3) is 5.37. The fourth-order valence-electron chi connectivity index (χ4n) is 1.90. The maximum Gasteiger partial charge on any atom is 0.243 e. The van der Waals surface area contributed by atoms with Gasteiger partial charge in [-0.3, -0.25) is 4.72 Å². The van der Waals surface area contributed by atoms with E-state index in [2.05, 4.69) is 4.72 Å². The van der Waals surface area contributed by atoms with E-state index in [1.165, 1.54) is 0 Å². The Bertz CT molecular complexity index is 683. The number of sulfonamides is 1. The van der Waals surface area contributed by atoms with Crippen LogP contribution in [-0.2, 0) is 23.6 Å². The van der Waals surface area contributed by atoms with E-state index in [0.29, 0.717) is 12.2 Å². The zero-order chi connectivity index (χ0) is 14.8. The molecule has 1 aromatic heterocycles. The van der Waals surface area contributed by atoms with Gasteiger partial charge in [0.1, 0.15) is 25.0 Å². The fraction of sp³-hybridized carbons (Fsp3) is 0.308. The number of aliphatic hydroxyl groups is 1. The molecule has 21 heavy (non-hydrogen) atoms. The molecule has 0 radical (unpaired) electrons. The normalized spacial score (nSPS) is 12.5. The third-order valence-electron chi connectivity index (χ3n) is 2.81. The highest BCUT2D eigenvalue weighted by Crippen LogP contribution is 2.18. The summed E-state index contributed by atoms with van der Waals surface area (Å²) >= 11 is 0. The van der Waals surface area contributed by atoms with Gasteiger partial charge in [-0.1, -0.05) is 12.1 Å². The number of hydrogen-bond donors (Lipinski definition) is 2. The molecule has 2 rings (SSSR count). The van der Waals surface area contributed by atoms with Crippen molar-refractivity contribution in [1.29, 1.82) is 0 Å². The van der Waals surface area contributed by atoms with E-state index in [4.69, 9.17) is 0 Å². The van der Waals surface area contributed by atoms with Gasteiger partial charge in [0.05, 0.1) is 13.3 Å². The predicted octanol–water partition coefficient (Wildman–Crippen LogP) is -2.58. The number of aromatic nitrogens is 2. The van der Waals surface area contributed by atoms with E-state index in [9.17, 15) is 13.5 Å². The van der Waals surface area contributed by atoms with Crippen LogP contribution in [0.25, 0.3) is 0 Å². The van der Waals surface area contributed by atoms with E-state index >= 15 is 0 Å². The molecule has 0 unspecified atom stereocenters. The van der Waals surface area contributed by atoms with Crippen molar-refractivity contribution in [2.45, 2.75) is 12.6 Å². The third-order valence-corrected chi connectivity index (χ3v) is 3.41. The zero-order valence-corrected chi connectivity index (χ0v) is 13.3. The maximum atomic E-state index is 11.1. The van der Waals surface area contributed by atoms with Crippen molar-refractivity contribution in [3.63, 3.8) is 0 Å². The highest BCUT2D eigenvalue weighted by atomic mass is 35.5. The number of aryl methyl sites for hydroxylation is 1. The number of aliphatic hydroxyl groups excluding tert-OH is 1. The number of rotatable bonds is 5. The average Bonchev–Trinajstić information content (AvgIpc) is 2.73. The summed E-state index contributed by atoms with van der Waals surface area (Å²) in [6.07, 6.45) is 6.11. The molecule has 0 aliphatic carbocycles. The summed E-state index contributed by atoms with van der Waals surface area (Å²) in [5, 5.41) is 10.1. The number of halogens is 1. The van der Waals surface area contributed by atoms with Crippen LogP contribution in [0.1, 0.15) is 11.7 Å². The second kappa shape index (κ2) is 6.93. The van der Waals surface area contributed by atoms with E-state index in [0.717, 1.165) is 11.8 Å². The molecule has 1 aromatic carbocycles. The predicted molar refractivity (Wildman–Crippen MR) is 75.5 cm³/mol. The van der Waals surface area contributed by atoms with Gasteiger partial charge in [-0.15, -0.1) is 0 Å². The van der Waals surface area contributed by atoms with Gasteiger partial charge in [-0.05, 0) is 17.7 Å². The number of nitrogens with zero attached hydrogens (tertiary/aromatic N) is 2. The molecule has 116 valence electrons. The smallest absolute Gasteiger partial charge is 0.243 e. The Kier molecular flexibility index (Phi) is 5.77. The van der Waals surface area contributed by atoms with Gasteiger partial charge < -0.3 is 17.5 Å². The lowest BCUT2D eigenvalue weighted by atomic mass is 10.1. The van der Waals surface area contributed by atoms with Crippen molar-refractivity contribution in [3.05, 3.63) is 48.5 Å². The molecule has 1 atom stereocenters. The number of anilines is 1. The first kappa shape index (κ1) is 17.5. The summed E-state index contributed by atoms with van der Waals surface area (Å²) < 4.78 is 28.4. The van der Waals surface area contributed by atoms with E-state index < -0.39 is 16.1 Å². The second-order valence-corrected chi connectivity index (χ2v) is 6.54. The number of benzene rings is 1. The van der Waals surface area contributed by atoms with Crippen LogP contribution in [0.5, 0.6) is 0 Å². The number of imidazole rings is 1. The molecule has 0 bridgehead atoms. The molecule has 0 amide bonds. The standard InChI is InChI=1S/C13H18N3O3S.ClH/c1-15-7-8-16(10-15)9-13(17)11-3-5-12(6-4-11)14-20(2,18)19;/h3-8,10,13-14,17H,9H2,1-2H3;1H/q+1;/p-1/t13-;/m0./s1. The summed E-state index contributed by atoms with van der Waals surface area (Å²) in [5.74, 6) is 0. The Hall–Kier alpha value is -1.57. The van der Waals surface area contributed by atoms with Crippen LogP contribution < -0.4 is 21.7 Å². The Labute approximate surface area is 130 Å². The second-order valence-electron chi connectivity index (χ2n) is 4.79. The van der Waals surface area contributed by atoms with Gasteiger partial charge in [0.2, 0.25) is 16.4 Å². The van der Waals surface area contributed by atoms with Crippen LogP contribution in [0.3, 0.4) is 0 Å². The Balaban J connectivity index is 0.00000220. The first-order valence-corrected chi connectivity index (χ1v) is 7.99. The van der Waals surface area contributed by atoms with Crippen molar-refractivity contribution in [1.82, 2.24) is 4.57 Å². The largest absolute Gasteiger partial charge is 1.00 e. The molecule has 0 fully saturated rings. The number of hydrogen-bond acceptors (Lipinski definition) is 3. The zero-order valence-electron chi connectivity index (χ0n) is 11.8. The van der Waals surface area contributed by atoms with Crippen molar-refractivity contribution in [2.75, 3.05) is 11.0 Å². The topological polar surface area (TPSA) is 75.2 Å². The summed E-state index contributed by atoms with van der Waals surface area (Å²) in [6, 6.07) is 6.69. The SMILES string of the molecule is C[n+]1ccn(C[C@H](O)c2ccc(NS(C)(=O)=O)cc2)c1.[Cl-]. The van der Waals surface area contributed by atoms with Crippen molar-refractivity contribution in [3.8, 4) is 0 Å². The first-order valence-electron chi connectivity index (χ1n) is 6.10. The first-order chi connectivity index (χ1) is 9.33. The Morgan fingerprint density at radius 2 is 1.95 bits per heavy atom. The van der Waals surface area contributed by atoms with Crippen LogP contribution in [0.4, 0.5) is 5.69 Å². The van der Waals surface area contributed by atoms with Gasteiger partial charge in [0.25, 0.3) is 0 Å². The van der Waals surface area contributed by atoms with Crippen LogP contribution in [0, 0.1) is 0 Å². The van der Waals surface area contributed by atoms with Crippen LogP contribution >= 0.6 is 0 Å². The monoisotopic (exact) mass is 331 g/mol. The minimum Gasteiger partial charge on any atom is -1.00 e. The molecule has 2 aromatic rings. The average molecular weight is 332 g/mol. The quantitative estimate of drug-likeness (QED) is 0.591. The van der Waals surface area contributed by atoms with Gasteiger partial charge in [0.15, 0.2) is 0 Å². The van der Waals surface area contributed by atoms with Crippen molar-refractivity contribution in [2.24, 2.45) is 7.05 Å². The van der Waals surface area contributed by atoms with E-state index in [1.807, 2.05) is 34.9 Å². The lowest BCUT2D eigenvalue weighted by Gasteiger charge is -2.10.